The Morgan fingerprint density at radius 3 is 2.58 bits per heavy atom. The van der Waals surface area contributed by atoms with Crippen molar-refractivity contribution in [2.24, 2.45) is 0 Å². The van der Waals surface area contributed by atoms with Crippen molar-refractivity contribution in [1.82, 2.24) is 0 Å². The fourth-order valence-electron chi connectivity index (χ4n) is 3.64. The molecule has 2 heterocycles. The molecule has 1 saturated heterocycles. The van der Waals surface area contributed by atoms with Gasteiger partial charge in [0.1, 0.15) is 19.3 Å². The van der Waals surface area contributed by atoms with Crippen molar-refractivity contribution in [3.63, 3.8) is 0 Å². The molecule has 0 unspecified atom stereocenters. The van der Waals surface area contributed by atoms with Crippen molar-refractivity contribution >= 4 is 6.21 Å². The molecular formula is C21H24NO2+. The van der Waals surface area contributed by atoms with E-state index in [9.17, 15) is 0 Å². The van der Waals surface area contributed by atoms with Gasteiger partial charge in [-0.25, -0.2) is 4.58 Å². The average Bonchev–Trinajstić information content (AvgIpc) is 2.61. The molecule has 1 fully saturated rings. The third-order valence-corrected chi connectivity index (χ3v) is 4.92. The molecule has 4 rings (SSSR count). The van der Waals surface area contributed by atoms with Gasteiger partial charge in [0.25, 0.3) is 0 Å². The van der Waals surface area contributed by atoms with E-state index < -0.39 is 5.79 Å². The second-order valence-electron chi connectivity index (χ2n) is 7.04. The summed E-state index contributed by atoms with van der Waals surface area (Å²) in [6.45, 7) is 5.66. The summed E-state index contributed by atoms with van der Waals surface area (Å²) < 4.78 is 14.7. The minimum Gasteiger partial charge on any atom is -0.343 e. The van der Waals surface area contributed by atoms with Crippen LogP contribution in [0.15, 0.2) is 54.6 Å². The molecule has 0 amide bonds. The second-order valence-corrected chi connectivity index (χ2v) is 7.04. The molecule has 124 valence electrons. The standard InChI is InChI=1S/C21H24NO2/c1-21(2)23-15-19(20(24-21)17-9-4-3-5-10-17)22-13-12-16-8-6-7-11-18(16)14-22/h3-11,14,19-20H,12-13,15H2,1-2H3/q+1/t19-,20+/m0/s1. The van der Waals surface area contributed by atoms with Gasteiger partial charge in [0, 0.05) is 12.0 Å². The number of fused-ring (bicyclic) bond motifs is 1. The van der Waals surface area contributed by atoms with Gasteiger partial charge in [-0.05, 0) is 31.0 Å². The normalized spacial score (nSPS) is 25.7. The predicted molar refractivity (Wildman–Crippen MR) is 94.5 cm³/mol. The first-order chi connectivity index (χ1) is 11.6. The van der Waals surface area contributed by atoms with E-state index in [4.69, 9.17) is 9.47 Å². The Balaban J connectivity index is 1.69. The number of nitrogens with zero attached hydrogens (tertiary/aromatic N) is 1. The molecule has 0 spiro atoms. The number of benzene rings is 2. The summed E-state index contributed by atoms with van der Waals surface area (Å²) in [5.74, 6) is -0.551. The van der Waals surface area contributed by atoms with Crippen LogP contribution in [0.2, 0.25) is 0 Å². The highest BCUT2D eigenvalue weighted by atomic mass is 16.7. The van der Waals surface area contributed by atoms with Gasteiger partial charge >= 0.3 is 0 Å². The summed E-state index contributed by atoms with van der Waals surface area (Å²) in [5.41, 5.74) is 3.94. The van der Waals surface area contributed by atoms with Crippen LogP contribution in [-0.4, -0.2) is 35.8 Å². The van der Waals surface area contributed by atoms with E-state index in [0.717, 1.165) is 13.0 Å². The predicted octanol–water partition coefficient (Wildman–Crippen LogP) is 3.57. The van der Waals surface area contributed by atoms with Gasteiger partial charge in [-0.3, -0.25) is 0 Å². The molecule has 0 aromatic heterocycles. The first kappa shape index (κ1) is 15.6. The zero-order valence-electron chi connectivity index (χ0n) is 14.3. The number of hydrogen-bond donors (Lipinski definition) is 0. The van der Waals surface area contributed by atoms with Crippen molar-refractivity contribution in [3.8, 4) is 0 Å². The largest absolute Gasteiger partial charge is 0.343 e. The van der Waals surface area contributed by atoms with E-state index in [2.05, 4.69) is 59.3 Å². The molecule has 0 saturated carbocycles. The Kier molecular flexibility index (Phi) is 3.99. The van der Waals surface area contributed by atoms with Gasteiger partial charge in [-0.2, -0.15) is 0 Å². The van der Waals surface area contributed by atoms with Crippen LogP contribution in [0.4, 0.5) is 0 Å². The third kappa shape index (κ3) is 3.02. The third-order valence-electron chi connectivity index (χ3n) is 4.92. The monoisotopic (exact) mass is 322 g/mol. The summed E-state index contributed by atoms with van der Waals surface area (Å²) in [4.78, 5) is 0. The average molecular weight is 322 g/mol. The maximum Gasteiger partial charge on any atom is 0.206 e. The fraction of sp³-hybridized carbons (Fsp3) is 0.381. The van der Waals surface area contributed by atoms with Crippen molar-refractivity contribution in [3.05, 3.63) is 71.3 Å². The van der Waals surface area contributed by atoms with Gasteiger partial charge in [-0.1, -0.05) is 48.5 Å². The summed E-state index contributed by atoms with van der Waals surface area (Å²) >= 11 is 0. The van der Waals surface area contributed by atoms with Crippen molar-refractivity contribution in [2.45, 2.75) is 38.2 Å². The van der Waals surface area contributed by atoms with Crippen molar-refractivity contribution in [2.75, 3.05) is 13.2 Å². The van der Waals surface area contributed by atoms with Gasteiger partial charge in [0.05, 0.1) is 0 Å². The van der Waals surface area contributed by atoms with Gasteiger partial charge in [0.15, 0.2) is 12.0 Å². The molecular weight excluding hydrogens is 298 g/mol. The van der Waals surface area contributed by atoms with E-state index in [1.807, 2.05) is 19.9 Å². The van der Waals surface area contributed by atoms with Gasteiger partial charge < -0.3 is 9.47 Å². The number of ether oxygens (including phenoxy) is 2. The van der Waals surface area contributed by atoms with Crippen LogP contribution in [-0.2, 0) is 15.9 Å². The lowest BCUT2D eigenvalue weighted by Gasteiger charge is -2.39. The Labute approximate surface area is 143 Å². The molecule has 0 N–H and O–H groups in total. The first-order valence-electron chi connectivity index (χ1n) is 8.68. The molecule has 0 bridgehead atoms. The lowest BCUT2D eigenvalue weighted by atomic mass is 9.97. The zero-order valence-corrected chi connectivity index (χ0v) is 14.3. The Morgan fingerprint density at radius 2 is 1.75 bits per heavy atom. The minimum absolute atomic E-state index is 0.0106. The number of hydrogen-bond acceptors (Lipinski definition) is 2. The van der Waals surface area contributed by atoms with Crippen molar-refractivity contribution < 1.29 is 14.0 Å². The molecule has 0 aliphatic carbocycles. The highest BCUT2D eigenvalue weighted by Crippen LogP contribution is 2.34. The Hall–Kier alpha value is -1.97. The highest BCUT2D eigenvalue weighted by Gasteiger charge is 2.43. The van der Waals surface area contributed by atoms with E-state index in [-0.39, 0.29) is 12.1 Å². The molecule has 3 heteroatoms. The number of rotatable bonds is 2. The zero-order chi connectivity index (χ0) is 16.6. The molecule has 3 nitrogen and oxygen atoms in total. The highest BCUT2D eigenvalue weighted by molar-refractivity contribution is 5.78. The fourth-order valence-corrected chi connectivity index (χ4v) is 3.64. The SMILES string of the molecule is CC1(C)OC[C@H]([N+]2=Cc3ccccc3CC2)[C@@H](c2ccccc2)O1. The van der Waals surface area contributed by atoms with Crippen LogP contribution in [0.3, 0.4) is 0 Å². The summed E-state index contributed by atoms with van der Waals surface area (Å²) in [5, 5.41) is 0. The Bertz CT molecular complexity index is 751. The lowest BCUT2D eigenvalue weighted by molar-refractivity contribution is -0.595. The second kappa shape index (κ2) is 6.15. The van der Waals surface area contributed by atoms with Crippen LogP contribution in [0.25, 0.3) is 0 Å². The van der Waals surface area contributed by atoms with Crippen LogP contribution in [0, 0.1) is 0 Å². The van der Waals surface area contributed by atoms with E-state index in [1.54, 1.807) is 0 Å². The summed E-state index contributed by atoms with van der Waals surface area (Å²) in [6, 6.07) is 19.3. The maximum absolute atomic E-state index is 6.33. The van der Waals surface area contributed by atoms with Crippen LogP contribution in [0.1, 0.15) is 36.6 Å². The Morgan fingerprint density at radius 1 is 1.00 bits per heavy atom. The van der Waals surface area contributed by atoms with Gasteiger partial charge in [-0.15, -0.1) is 0 Å². The summed E-state index contributed by atoms with van der Waals surface area (Å²) in [6.07, 6.45) is 3.34. The van der Waals surface area contributed by atoms with E-state index in [0.29, 0.717) is 6.61 Å². The molecule has 2 atom stereocenters. The van der Waals surface area contributed by atoms with E-state index in [1.165, 1.54) is 16.7 Å². The molecule has 2 aromatic rings. The smallest absolute Gasteiger partial charge is 0.206 e. The lowest BCUT2D eigenvalue weighted by Crippen LogP contribution is -2.50. The summed E-state index contributed by atoms with van der Waals surface area (Å²) in [7, 11) is 0. The quantitative estimate of drug-likeness (QED) is 0.788. The van der Waals surface area contributed by atoms with Crippen LogP contribution in [0.5, 0.6) is 0 Å². The van der Waals surface area contributed by atoms with Crippen LogP contribution < -0.4 is 0 Å². The first-order valence-corrected chi connectivity index (χ1v) is 8.68. The van der Waals surface area contributed by atoms with Gasteiger partial charge in [0.2, 0.25) is 6.04 Å². The minimum atomic E-state index is -0.551. The maximum atomic E-state index is 6.33. The molecule has 2 aromatic carbocycles. The van der Waals surface area contributed by atoms with E-state index >= 15 is 0 Å². The molecule has 0 radical (unpaired) electrons. The van der Waals surface area contributed by atoms with Crippen molar-refractivity contribution in [1.29, 1.82) is 0 Å². The van der Waals surface area contributed by atoms with Crippen LogP contribution >= 0.6 is 0 Å². The topological polar surface area (TPSA) is 21.5 Å². The molecule has 24 heavy (non-hydrogen) atoms. The molecule has 2 aliphatic heterocycles. The molecule has 2 aliphatic rings.